The van der Waals surface area contributed by atoms with Crippen LogP contribution in [0.25, 0.3) is 0 Å². The fourth-order valence-electron chi connectivity index (χ4n) is 4.65. The first-order valence-corrected chi connectivity index (χ1v) is 12.9. The van der Waals surface area contributed by atoms with Gasteiger partial charge in [0.15, 0.2) is 5.54 Å². The molecule has 3 aromatic rings. The van der Waals surface area contributed by atoms with Gasteiger partial charge in [-0.2, -0.15) is 0 Å². The van der Waals surface area contributed by atoms with E-state index in [1.165, 1.54) is 19.1 Å². The molecule has 2 N–H and O–H groups in total. The highest BCUT2D eigenvalue weighted by atomic mass is 35.5. The second-order valence-corrected chi connectivity index (χ2v) is 11.0. The minimum Gasteiger partial charge on any atom is -0.496 e. The normalized spacial score (nSPS) is 16.5. The lowest BCUT2D eigenvalue weighted by Gasteiger charge is -2.31. The average Bonchev–Trinajstić information content (AvgIpc) is 3.10. The SMILES string of the molecule is COC(=O)NC1(c2ccccc2Cl)C(=O)N(Cc2ccc(C(=O)NC(C)(C)C)cc2OC)c2ccc(Cl)cc21. The van der Waals surface area contributed by atoms with E-state index in [0.717, 1.165) is 0 Å². The predicted molar refractivity (Wildman–Crippen MR) is 151 cm³/mol. The maximum atomic E-state index is 14.4. The summed E-state index contributed by atoms with van der Waals surface area (Å²) in [4.78, 5) is 41.3. The van der Waals surface area contributed by atoms with E-state index in [1.807, 2.05) is 20.8 Å². The lowest BCUT2D eigenvalue weighted by Crippen LogP contribution is -2.53. The van der Waals surface area contributed by atoms with Gasteiger partial charge in [0.1, 0.15) is 5.75 Å². The fraction of sp³-hybridized carbons (Fsp3) is 0.276. The molecule has 3 amide bonds. The van der Waals surface area contributed by atoms with Crippen LogP contribution in [0.3, 0.4) is 0 Å². The van der Waals surface area contributed by atoms with Gasteiger partial charge < -0.3 is 19.7 Å². The summed E-state index contributed by atoms with van der Waals surface area (Å²) in [5.74, 6) is -0.282. The van der Waals surface area contributed by atoms with Crippen LogP contribution in [0.2, 0.25) is 10.0 Å². The number of alkyl carbamates (subject to hydrolysis) is 1. The number of nitrogens with one attached hydrogen (secondary N) is 2. The van der Waals surface area contributed by atoms with Crippen LogP contribution >= 0.6 is 23.2 Å². The zero-order valence-electron chi connectivity index (χ0n) is 22.2. The summed E-state index contributed by atoms with van der Waals surface area (Å²) in [6.45, 7) is 5.76. The molecule has 0 aliphatic carbocycles. The van der Waals surface area contributed by atoms with Crippen molar-refractivity contribution in [1.29, 1.82) is 0 Å². The third-order valence-corrected chi connectivity index (χ3v) is 6.90. The van der Waals surface area contributed by atoms with Crippen molar-refractivity contribution in [1.82, 2.24) is 10.6 Å². The zero-order chi connectivity index (χ0) is 28.5. The molecule has 204 valence electrons. The fourth-order valence-corrected chi connectivity index (χ4v) is 5.09. The Balaban J connectivity index is 1.83. The van der Waals surface area contributed by atoms with Crippen molar-refractivity contribution >= 4 is 46.8 Å². The molecular formula is C29H29Cl2N3O5. The van der Waals surface area contributed by atoms with Crippen molar-refractivity contribution < 1.29 is 23.9 Å². The van der Waals surface area contributed by atoms with Crippen molar-refractivity contribution in [2.75, 3.05) is 19.1 Å². The molecule has 0 spiro atoms. The van der Waals surface area contributed by atoms with Crippen LogP contribution in [0.5, 0.6) is 5.75 Å². The molecule has 1 atom stereocenters. The number of anilines is 1. The second kappa shape index (κ2) is 10.8. The van der Waals surface area contributed by atoms with Crippen molar-refractivity contribution in [2.45, 2.75) is 38.4 Å². The first-order valence-electron chi connectivity index (χ1n) is 12.1. The Morgan fingerprint density at radius 1 is 0.974 bits per heavy atom. The highest BCUT2D eigenvalue weighted by molar-refractivity contribution is 6.33. The second-order valence-electron chi connectivity index (χ2n) is 10.1. The van der Waals surface area contributed by atoms with Crippen LogP contribution in [0.4, 0.5) is 10.5 Å². The molecule has 8 nitrogen and oxygen atoms in total. The molecule has 0 saturated heterocycles. The Morgan fingerprint density at radius 3 is 2.33 bits per heavy atom. The molecule has 1 unspecified atom stereocenters. The third kappa shape index (κ3) is 5.40. The Hall–Kier alpha value is -3.75. The number of ether oxygens (including phenoxy) is 2. The minimum atomic E-state index is -1.70. The molecule has 39 heavy (non-hydrogen) atoms. The maximum absolute atomic E-state index is 14.4. The Labute approximate surface area is 237 Å². The molecule has 3 aromatic carbocycles. The summed E-state index contributed by atoms with van der Waals surface area (Å²) >= 11 is 13.0. The van der Waals surface area contributed by atoms with Crippen LogP contribution in [0.1, 0.15) is 47.8 Å². The highest BCUT2D eigenvalue weighted by Crippen LogP contribution is 2.48. The van der Waals surface area contributed by atoms with Gasteiger partial charge in [-0.15, -0.1) is 0 Å². The number of carbonyl (C=O) groups is 3. The summed E-state index contributed by atoms with van der Waals surface area (Å²) in [6, 6.07) is 16.8. The number of amides is 3. The van der Waals surface area contributed by atoms with Gasteiger partial charge in [-0.3, -0.25) is 14.9 Å². The molecular weight excluding hydrogens is 541 g/mol. The molecule has 1 aliphatic rings. The summed E-state index contributed by atoms with van der Waals surface area (Å²) in [7, 11) is 2.71. The number of methoxy groups -OCH3 is 2. The summed E-state index contributed by atoms with van der Waals surface area (Å²) in [5, 5.41) is 6.32. The van der Waals surface area contributed by atoms with E-state index in [0.29, 0.717) is 38.7 Å². The lowest BCUT2D eigenvalue weighted by atomic mass is 9.83. The van der Waals surface area contributed by atoms with Crippen LogP contribution in [-0.4, -0.2) is 37.7 Å². The van der Waals surface area contributed by atoms with Gasteiger partial charge in [-0.1, -0.05) is 47.5 Å². The lowest BCUT2D eigenvalue weighted by molar-refractivity contribution is -0.122. The summed E-state index contributed by atoms with van der Waals surface area (Å²) in [6.07, 6.45) is -0.817. The van der Waals surface area contributed by atoms with Gasteiger partial charge in [-0.25, -0.2) is 4.79 Å². The predicted octanol–water partition coefficient (Wildman–Crippen LogP) is 5.68. The number of benzene rings is 3. The van der Waals surface area contributed by atoms with Crippen molar-refractivity contribution in [3.63, 3.8) is 0 Å². The van der Waals surface area contributed by atoms with Gasteiger partial charge in [0.25, 0.3) is 11.8 Å². The van der Waals surface area contributed by atoms with Gasteiger partial charge >= 0.3 is 6.09 Å². The zero-order valence-corrected chi connectivity index (χ0v) is 23.7. The Morgan fingerprint density at radius 2 is 1.69 bits per heavy atom. The van der Waals surface area contributed by atoms with Gasteiger partial charge in [0, 0.05) is 37.8 Å². The molecule has 0 saturated carbocycles. The van der Waals surface area contributed by atoms with Crippen molar-refractivity contribution in [3.8, 4) is 5.75 Å². The van der Waals surface area contributed by atoms with E-state index < -0.39 is 23.1 Å². The van der Waals surface area contributed by atoms with E-state index in [1.54, 1.807) is 60.7 Å². The van der Waals surface area contributed by atoms with Crippen LogP contribution in [0.15, 0.2) is 60.7 Å². The van der Waals surface area contributed by atoms with Gasteiger partial charge in [0.2, 0.25) is 0 Å². The first-order chi connectivity index (χ1) is 18.4. The maximum Gasteiger partial charge on any atom is 0.408 e. The van der Waals surface area contributed by atoms with Crippen LogP contribution in [-0.2, 0) is 21.6 Å². The van der Waals surface area contributed by atoms with E-state index in [-0.39, 0.29) is 17.5 Å². The molecule has 0 aromatic heterocycles. The number of halogens is 2. The molecule has 0 bridgehead atoms. The van der Waals surface area contributed by atoms with Crippen LogP contribution in [0, 0.1) is 0 Å². The Bertz CT molecular complexity index is 1450. The molecule has 1 aliphatic heterocycles. The summed E-state index contributed by atoms with van der Waals surface area (Å²) in [5.41, 5.74) is 0.288. The largest absolute Gasteiger partial charge is 0.496 e. The molecule has 10 heteroatoms. The minimum absolute atomic E-state index is 0.0763. The van der Waals surface area contributed by atoms with E-state index in [9.17, 15) is 14.4 Å². The monoisotopic (exact) mass is 569 g/mol. The quantitative estimate of drug-likeness (QED) is 0.398. The molecule has 0 fully saturated rings. The van der Waals surface area contributed by atoms with E-state index in [4.69, 9.17) is 32.7 Å². The first kappa shape index (κ1) is 28.3. The molecule has 4 rings (SSSR count). The highest BCUT2D eigenvalue weighted by Gasteiger charge is 2.54. The van der Waals surface area contributed by atoms with Gasteiger partial charge in [-0.05, 0) is 57.2 Å². The third-order valence-electron chi connectivity index (χ3n) is 6.34. The standard InChI is InChI=1S/C29H29Cl2N3O5/c1-28(2,3)32-25(35)17-10-11-18(24(14-17)38-4)16-34-23-13-12-19(30)15-21(23)29(26(34)36,33-27(37)39-5)20-8-6-7-9-22(20)31/h6-15H,16H2,1-5H3,(H,32,35)(H,33,37). The van der Waals surface area contributed by atoms with Crippen LogP contribution < -0.4 is 20.3 Å². The number of hydrogen-bond donors (Lipinski definition) is 2. The Kier molecular flexibility index (Phi) is 7.82. The van der Waals surface area contributed by atoms with E-state index in [2.05, 4.69) is 10.6 Å². The van der Waals surface area contributed by atoms with Gasteiger partial charge in [0.05, 0.1) is 26.5 Å². The topological polar surface area (TPSA) is 97.0 Å². The number of rotatable bonds is 6. The number of carbonyl (C=O) groups excluding carboxylic acids is 3. The number of fused-ring (bicyclic) bond motifs is 1. The summed E-state index contributed by atoms with van der Waals surface area (Å²) < 4.78 is 10.5. The smallest absolute Gasteiger partial charge is 0.408 e. The van der Waals surface area contributed by atoms with Crippen molar-refractivity contribution in [3.05, 3.63) is 93.0 Å². The number of hydrogen-bond acceptors (Lipinski definition) is 5. The molecule has 0 radical (unpaired) electrons. The number of nitrogens with zero attached hydrogens (tertiary/aromatic N) is 1. The molecule has 1 heterocycles. The van der Waals surface area contributed by atoms with E-state index >= 15 is 0 Å². The average molecular weight is 570 g/mol. The van der Waals surface area contributed by atoms with Crippen molar-refractivity contribution in [2.24, 2.45) is 0 Å².